The molecule has 0 aromatic carbocycles. The van der Waals surface area contributed by atoms with Crippen LogP contribution in [0, 0.1) is 6.92 Å². The zero-order valence-electron chi connectivity index (χ0n) is 11.7. The average Bonchev–Trinajstić information content (AvgIpc) is 2.78. The maximum atomic E-state index is 11.0. The fraction of sp³-hybridized carbons (Fsp3) is 0.333. The number of pyridine rings is 1. The van der Waals surface area contributed by atoms with Gasteiger partial charge in [0.1, 0.15) is 17.1 Å². The summed E-state index contributed by atoms with van der Waals surface area (Å²) in [5, 5.41) is 8.99. The van der Waals surface area contributed by atoms with E-state index in [1.807, 2.05) is 19.2 Å². The maximum absolute atomic E-state index is 11.0. The monoisotopic (exact) mass is 274 g/mol. The molecule has 0 bridgehead atoms. The Hall–Kier alpha value is -2.14. The van der Waals surface area contributed by atoms with Crippen LogP contribution in [-0.2, 0) is 13.0 Å². The topological polar surface area (TPSA) is 66.6 Å². The van der Waals surface area contributed by atoms with Crippen LogP contribution in [0.15, 0.2) is 35.0 Å². The van der Waals surface area contributed by atoms with Crippen molar-refractivity contribution in [3.63, 3.8) is 0 Å². The molecular formula is C15H18N2O3. The lowest BCUT2D eigenvalue weighted by Gasteiger charge is -2.14. The summed E-state index contributed by atoms with van der Waals surface area (Å²) in [6, 6.07) is 5.58. The van der Waals surface area contributed by atoms with Gasteiger partial charge >= 0.3 is 5.97 Å². The highest BCUT2D eigenvalue weighted by Gasteiger charge is 2.14. The van der Waals surface area contributed by atoms with Crippen LogP contribution in [0.1, 0.15) is 27.4 Å². The molecule has 0 atom stereocenters. The van der Waals surface area contributed by atoms with E-state index in [-0.39, 0.29) is 5.56 Å². The first-order valence-electron chi connectivity index (χ1n) is 6.46. The Kier molecular flexibility index (Phi) is 4.53. The zero-order valence-corrected chi connectivity index (χ0v) is 11.7. The van der Waals surface area contributed by atoms with Gasteiger partial charge in [0.15, 0.2) is 0 Å². The van der Waals surface area contributed by atoms with Crippen LogP contribution in [0.5, 0.6) is 0 Å². The number of carboxylic acid groups (broad SMARTS) is 1. The van der Waals surface area contributed by atoms with Crippen LogP contribution in [0.3, 0.4) is 0 Å². The van der Waals surface area contributed by atoms with Crippen molar-refractivity contribution >= 4 is 5.97 Å². The van der Waals surface area contributed by atoms with Gasteiger partial charge in [0.05, 0.1) is 6.54 Å². The Labute approximate surface area is 117 Å². The number of aryl methyl sites for hydroxylation is 1. The van der Waals surface area contributed by atoms with Gasteiger partial charge in [-0.2, -0.15) is 0 Å². The number of carbonyl (C=O) groups is 1. The Morgan fingerprint density at radius 1 is 1.40 bits per heavy atom. The van der Waals surface area contributed by atoms with Gasteiger partial charge in [0, 0.05) is 18.9 Å². The predicted molar refractivity (Wildman–Crippen MR) is 74.7 cm³/mol. The van der Waals surface area contributed by atoms with Gasteiger partial charge in [-0.15, -0.1) is 0 Å². The van der Waals surface area contributed by atoms with E-state index < -0.39 is 5.97 Å². The van der Waals surface area contributed by atoms with Gasteiger partial charge in [-0.3, -0.25) is 9.88 Å². The molecule has 2 rings (SSSR count). The minimum Gasteiger partial charge on any atom is -0.478 e. The average molecular weight is 274 g/mol. The number of aromatic carboxylic acids is 1. The molecule has 0 spiro atoms. The summed E-state index contributed by atoms with van der Waals surface area (Å²) in [5.41, 5.74) is 1.47. The Morgan fingerprint density at radius 2 is 2.10 bits per heavy atom. The van der Waals surface area contributed by atoms with Crippen LogP contribution in [-0.4, -0.2) is 34.6 Å². The van der Waals surface area contributed by atoms with Crippen molar-refractivity contribution in [1.82, 2.24) is 9.88 Å². The normalized spacial score (nSPS) is 10.9. The minimum atomic E-state index is -0.947. The third kappa shape index (κ3) is 3.68. The Balaban J connectivity index is 1.90. The Morgan fingerprint density at radius 3 is 2.70 bits per heavy atom. The summed E-state index contributed by atoms with van der Waals surface area (Å²) in [6.07, 6.45) is 4.49. The van der Waals surface area contributed by atoms with E-state index >= 15 is 0 Å². The molecule has 20 heavy (non-hydrogen) atoms. The molecular weight excluding hydrogens is 256 g/mol. The first-order chi connectivity index (χ1) is 9.56. The van der Waals surface area contributed by atoms with Gasteiger partial charge in [0.2, 0.25) is 0 Å². The first-order valence-corrected chi connectivity index (χ1v) is 6.46. The lowest BCUT2D eigenvalue weighted by Crippen LogP contribution is -2.20. The number of furan rings is 1. The van der Waals surface area contributed by atoms with Crippen LogP contribution in [0.25, 0.3) is 0 Å². The number of aromatic nitrogens is 1. The van der Waals surface area contributed by atoms with Gasteiger partial charge in [-0.05, 0) is 44.2 Å². The summed E-state index contributed by atoms with van der Waals surface area (Å²) in [4.78, 5) is 17.0. The van der Waals surface area contributed by atoms with Gasteiger partial charge < -0.3 is 9.52 Å². The minimum absolute atomic E-state index is 0.238. The molecule has 2 aromatic heterocycles. The lowest BCUT2D eigenvalue weighted by atomic mass is 10.2. The molecule has 5 nitrogen and oxygen atoms in total. The molecule has 0 amide bonds. The highest BCUT2D eigenvalue weighted by molar-refractivity contribution is 5.88. The third-order valence-corrected chi connectivity index (χ3v) is 3.16. The summed E-state index contributed by atoms with van der Waals surface area (Å²) in [6.45, 7) is 3.13. The molecule has 2 heterocycles. The predicted octanol–water partition coefficient (Wildman–Crippen LogP) is 2.36. The summed E-state index contributed by atoms with van der Waals surface area (Å²) in [7, 11) is 1.99. The Bertz CT molecular complexity index is 578. The molecule has 0 aliphatic rings. The number of nitrogens with zero attached hydrogens (tertiary/aromatic N) is 2. The van der Waals surface area contributed by atoms with Crippen LogP contribution in [0.2, 0.25) is 0 Å². The van der Waals surface area contributed by atoms with Crippen molar-refractivity contribution < 1.29 is 14.3 Å². The number of hydrogen-bond acceptors (Lipinski definition) is 4. The molecule has 0 aliphatic heterocycles. The van der Waals surface area contributed by atoms with Crippen LogP contribution < -0.4 is 0 Å². The van der Waals surface area contributed by atoms with Gasteiger partial charge in [0.25, 0.3) is 0 Å². The molecule has 0 aliphatic carbocycles. The van der Waals surface area contributed by atoms with Crippen LogP contribution in [0.4, 0.5) is 0 Å². The standard InChI is InChI=1S/C15H18N2O3/c1-11-14(15(18)19)9-13(20-11)10-17(2)8-5-12-3-6-16-7-4-12/h3-4,6-7,9H,5,8,10H2,1-2H3,(H,18,19). The van der Waals surface area contributed by atoms with Gasteiger partial charge in [-0.1, -0.05) is 0 Å². The largest absolute Gasteiger partial charge is 0.478 e. The van der Waals surface area contributed by atoms with Crippen molar-refractivity contribution in [2.75, 3.05) is 13.6 Å². The molecule has 2 aromatic rings. The molecule has 0 unspecified atom stereocenters. The second-order valence-electron chi connectivity index (χ2n) is 4.83. The SMILES string of the molecule is Cc1oc(CN(C)CCc2ccncc2)cc1C(=O)O. The van der Waals surface area contributed by atoms with Gasteiger partial charge in [-0.25, -0.2) is 4.79 Å². The number of hydrogen-bond donors (Lipinski definition) is 1. The van der Waals surface area contributed by atoms with Crippen molar-refractivity contribution in [1.29, 1.82) is 0 Å². The summed E-state index contributed by atoms with van der Waals surface area (Å²) in [5.74, 6) is 0.184. The molecule has 1 N–H and O–H groups in total. The number of carboxylic acids is 1. The highest BCUT2D eigenvalue weighted by Crippen LogP contribution is 2.16. The fourth-order valence-electron chi connectivity index (χ4n) is 2.05. The molecule has 106 valence electrons. The molecule has 0 fully saturated rings. The first kappa shape index (κ1) is 14.3. The second-order valence-corrected chi connectivity index (χ2v) is 4.83. The smallest absolute Gasteiger partial charge is 0.339 e. The summed E-state index contributed by atoms with van der Waals surface area (Å²) < 4.78 is 5.47. The number of likely N-dealkylation sites (N-methyl/N-ethyl adjacent to an activating group) is 1. The van der Waals surface area contributed by atoms with E-state index in [0.29, 0.717) is 18.1 Å². The van der Waals surface area contributed by atoms with E-state index in [1.165, 1.54) is 5.56 Å². The van der Waals surface area contributed by atoms with Crippen molar-refractivity contribution in [3.8, 4) is 0 Å². The third-order valence-electron chi connectivity index (χ3n) is 3.16. The molecule has 0 saturated carbocycles. The van der Waals surface area contributed by atoms with E-state index in [1.54, 1.807) is 25.4 Å². The zero-order chi connectivity index (χ0) is 14.5. The molecule has 0 radical (unpaired) electrons. The number of rotatable bonds is 6. The van der Waals surface area contributed by atoms with Crippen molar-refractivity contribution in [2.45, 2.75) is 19.9 Å². The van der Waals surface area contributed by atoms with E-state index in [9.17, 15) is 4.79 Å². The highest BCUT2D eigenvalue weighted by atomic mass is 16.4. The van der Waals surface area contributed by atoms with E-state index in [4.69, 9.17) is 9.52 Å². The molecule has 0 saturated heterocycles. The quantitative estimate of drug-likeness (QED) is 0.876. The van der Waals surface area contributed by atoms with E-state index in [0.717, 1.165) is 13.0 Å². The maximum Gasteiger partial charge on any atom is 0.339 e. The van der Waals surface area contributed by atoms with Crippen molar-refractivity contribution in [3.05, 3.63) is 53.2 Å². The van der Waals surface area contributed by atoms with E-state index in [2.05, 4.69) is 9.88 Å². The lowest BCUT2D eigenvalue weighted by molar-refractivity contribution is 0.0695. The fourth-order valence-corrected chi connectivity index (χ4v) is 2.05. The second kappa shape index (κ2) is 6.34. The van der Waals surface area contributed by atoms with Crippen LogP contribution >= 0.6 is 0 Å². The molecule has 5 heteroatoms. The summed E-state index contributed by atoms with van der Waals surface area (Å²) >= 11 is 0. The van der Waals surface area contributed by atoms with Crippen molar-refractivity contribution in [2.24, 2.45) is 0 Å².